The second-order valence-corrected chi connectivity index (χ2v) is 8.94. The summed E-state index contributed by atoms with van der Waals surface area (Å²) in [5.41, 5.74) is 0. The zero-order valence-electron chi connectivity index (χ0n) is 14.4. The average molecular weight is 401 g/mol. The summed E-state index contributed by atoms with van der Waals surface area (Å²) in [6.07, 6.45) is -2.70. The normalized spacial score (nSPS) is 29.7. The quantitative estimate of drug-likeness (QED) is 0.682. The fourth-order valence-electron chi connectivity index (χ4n) is 3.44. The van der Waals surface area contributed by atoms with E-state index >= 15 is 0 Å². The summed E-state index contributed by atoms with van der Waals surface area (Å²) in [7, 11) is 0.507. The van der Waals surface area contributed by atoms with E-state index in [-0.39, 0.29) is 23.2 Å². The van der Waals surface area contributed by atoms with Crippen LogP contribution in [0.5, 0.6) is 0 Å². The molecule has 150 valence electrons. The molecule has 0 bridgehead atoms. The van der Waals surface area contributed by atoms with Crippen LogP contribution in [0, 0.1) is 5.92 Å². The number of rotatable bonds is 3. The van der Waals surface area contributed by atoms with Gasteiger partial charge in [-0.15, -0.1) is 0 Å². The maximum atomic E-state index is 12.2. The van der Waals surface area contributed by atoms with E-state index in [1.54, 1.807) is 11.4 Å². The third-order valence-electron chi connectivity index (χ3n) is 5.01. The SMILES string of the molecule is CNC(=O)[C@@H]1C[C@H]2CN(S(=O)(=O)C3CC3)C[C@H]2N1C.O=C(O)C(F)(F)F. The highest BCUT2D eigenvalue weighted by atomic mass is 32.2. The van der Waals surface area contributed by atoms with Crippen molar-refractivity contribution < 1.29 is 36.3 Å². The Kier molecular flexibility index (Phi) is 5.88. The van der Waals surface area contributed by atoms with Crippen molar-refractivity contribution >= 4 is 21.9 Å². The Labute approximate surface area is 149 Å². The molecule has 3 atom stereocenters. The molecule has 0 aromatic rings. The topological polar surface area (TPSA) is 107 Å². The Morgan fingerprint density at radius 2 is 1.73 bits per heavy atom. The molecule has 2 saturated heterocycles. The number of halogens is 3. The molecule has 0 aromatic heterocycles. The van der Waals surface area contributed by atoms with Crippen molar-refractivity contribution in [2.75, 3.05) is 27.2 Å². The maximum Gasteiger partial charge on any atom is 0.490 e. The maximum absolute atomic E-state index is 12.2. The van der Waals surface area contributed by atoms with Crippen molar-refractivity contribution in [3.8, 4) is 0 Å². The van der Waals surface area contributed by atoms with E-state index in [0.717, 1.165) is 19.3 Å². The van der Waals surface area contributed by atoms with Crippen LogP contribution in [0.15, 0.2) is 0 Å². The van der Waals surface area contributed by atoms with Crippen molar-refractivity contribution in [2.24, 2.45) is 5.92 Å². The Hall–Kier alpha value is -1.40. The number of carboxylic acid groups (broad SMARTS) is 1. The standard InChI is InChI=1S/C12H21N3O3S.C2HF3O2/c1-13-12(16)10-5-8-6-15(7-11(8)14(10)2)19(17,18)9-3-4-9;3-2(4,5)1(6)7/h8-11H,3-7H2,1-2H3,(H,13,16);(H,6,7)/t8-,10-,11+;/m0./s1. The lowest BCUT2D eigenvalue weighted by atomic mass is 10.0. The van der Waals surface area contributed by atoms with Crippen LogP contribution in [0.25, 0.3) is 0 Å². The van der Waals surface area contributed by atoms with Crippen LogP contribution in [-0.4, -0.2) is 85.3 Å². The number of sulfonamides is 1. The van der Waals surface area contributed by atoms with E-state index in [0.29, 0.717) is 19.0 Å². The monoisotopic (exact) mass is 401 g/mol. The van der Waals surface area contributed by atoms with Gasteiger partial charge in [-0.05, 0) is 32.2 Å². The van der Waals surface area contributed by atoms with Crippen molar-refractivity contribution in [1.29, 1.82) is 0 Å². The molecule has 12 heteroatoms. The van der Waals surface area contributed by atoms with Gasteiger partial charge in [0.15, 0.2) is 0 Å². The predicted molar refractivity (Wildman–Crippen MR) is 84.7 cm³/mol. The van der Waals surface area contributed by atoms with E-state index in [4.69, 9.17) is 9.90 Å². The first-order valence-corrected chi connectivity index (χ1v) is 9.62. The number of likely N-dealkylation sites (N-methyl/N-ethyl adjacent to an activating group) is 2. The highest BCUT2D eigenvalue weighted by molar-refractivity contribution is 7.90. The first-order valence-electron chi connectivity index (χ1n) is 8.12. The molecule has 0 radical (unpaired) electrons. The van der Waals surface area contributed by atoms with Gasteiger partial charge in [0.2, 0.25) is 15.9 Å². The number of carbonyl (C=O) groups is 2. The molecule has 1 saturated carbocycles. The molecule has 0 spiro atoms. The van der Waals surface area contributed by atoms with Gasteiger partial charge in [-0.25, -0.2) is 13.2 Å². The lowest BCUT2D eigenvalue weighted by molar-refractivity contribution is -0.192. The molecule has 1 amide bonds. The molecule has 8 nitrogen and oxygen atoms in total. The summed E-state index contributed by atoms with van der Waals surface area (Å²) in [5.74, 6) is -2.43. The number of hydrogen-bond acceptors (Lipinski definition) is 5. The van der Waals surface area contributed by atoms with Crippen LogP contribution in [0.4, 0.5) is 13.2 Å². The number of amides is 1. The highest BCUT2D eigenvalue weighted by Crippen LogP contribution is 2.39. The Bertz CT molecular complexity index is 665. The summed E-state index contributed by atoms with van der Waals surface area (Å²) in [6.45, 7) is 1.13. The lowest BCUT2D eigenvalue weighted by Gasteiger charge is -2.25. The molecular formula is C14H22F3N3O5S. The number of carboxylic acids is 1. The number of carbonyl (C=O) groups excluding carboxylic acids is 1. The predicted octanol–water partition coefficient (Wildman–Crippen LogP) is -0.138. The van der Waals surface area contributed by atoms with Gasteiger partial charge in [0, 0.05) is 26.2 Å². The van der Waals surface area contributed by atoms with Gasteiger partial charge in [-0.1, -0.05) is 0 Å². The molecule has 2 heterocycles. The molecule has 26 heavy (non-hydrogen) atoms. The van der Waals surface area contributed by atoms with Gasteiger partial charge < -0.3 is 10.4 Å². The molecular weight excluding hydrogens is 379 g/mol. The zero-order valence-corrected chi connectivity index (χ0v) is 15.2. The summed E-state index contributed by atoms with van der Waals surface area (Å²) < 4.78 is 57.9. The number of aliphatic carboxylic acids is 1. The number of nitrogens with zero attached hydrogens (tertiary/aromatic N) is 2. The molecule has 0 aromatic carbocycles. The fraction of sp³-hybridized carbons (Fsp3) is 0.857. The average Bonchev–Trinajstić information content (AvgIpc) is 3.24. The number of alkyl halides is 3. The molecule has 0 unspecified atom stereocenters. The Morgan fingerprint density at radius 1 is 1.19 bits per heavy atom. The third kappa shape index (κ3) is 4.29. The van der Waals surface area contributed by atoms with Crippen LogP contribution >= 0.6 is 0 Å². The first-order chi connectivity index (χ1) is 11.9. The summed E-state index contributed by atoms with van der Waals surface area (Å²) in [6, 6.07) is 0.0848. The molecule has 2 N–H and O–H groups in total. The highest BCUT2D eigenvalue weighted by Gasteiger charge is 2.51. The fourth-order valence-corrected chi connectivity index (χ4v) is 5.35. The largest absolute Gasteiger partial charge is 0.490 e. The van der Waals surface area contributed by atoms with Gasteiger partial charge in [0.05, 0.1) is 11.3 Å². The molecule has 1 aliphatic carbocycles. The second-order valence-electron chi connectivity index (χ2n) is 6.72. The number of fused-ring (bicyclic) bond motifs is 1. The second kappa shape index (κ2) is 7.31. The van der Waals surface area contributed by atoms with Crippen LogP contribution in [-0.2, 0) is 19.6 Å². The van der Waals surface area contributed by atoms with E-state index in [9.17, 15) is 26.4 Å². The minimum absolute atomic E-state index is 0.0356. The molecule has 3 rings (SSSR count). The molecule has 3 fully saturated rings. The van der Waals surface area contributed by atoms with Crippen LogP contribution in [0.3, 0.4) is 0 Å². The van der Waals surface area contributed by atoms with Crippen molar-refractivity contribution in [3.05, 3.63) is 0 Å². The van der Waals surface area contributed by atoms with Crippen molar-refractivity contribution in [1.82, 2.24) is 14.5 Å². The zero-order chi connectivity index (χ0) is 19.9. The Balaban J connectivity index is 0.000000298. The smallest absolute Gasteiger partial charge is 0.475 e. The van der Waals surface area contributed by atoms with Crippen LogP contribution < -0.4 is 5.32 Å². The van der Waals surface area contributed by atoms with Crippen LogP contribution in [0.2, 0.25) is 0 Å². The van der Waals surface area contributed by atoms with Gasteiger partial charge in [-0.2, -0.15) is 17.5 Å². The van der Waals surface area contributed by atoms with E-state index < -0.39 is 22.2 Å². The summed E-state index contributed by atoms with van der Waals surface area (Å²) in [4.78, 5) is 22.7. The van der Waals surface area contributed by atoms with Crippen molar-refractivity contribution in [2.45, 2.75) is 42.8 Å². The van der Waals surface area contributed by atoms with Gasteiger partial charge in [0.1, 0.15) is 0 Å². The summed E-state index contributed by atoms with van der Waals surface area (Å²) >= 11 is 0. The van der Waals surface area contributed by atoms with Gasteiger partial charge >= 0.3 is 12.1 Å². The van der Waals surface area contributed by atoms with E-state index in [1.807, 2.05) is 11.9 Å². The molecule has 3 aliphatic rings. The number of nitrogens with one attached hydrogen (secondary N) is 1. The minimum atomic E-state index is -5.08. The number of likely N-dealkylation sites (tertiary alicyclic amines) is 1. The van der Waals surface area contributed by atoms with Gasteiger partial charge in [-0.3, -0.25) is 9.69 Å². The molecule has 2 aliphatic heterocycles. The first kappa shape index (κ1) is 20.9. The Morgan fingerprint density at radius 3 is 2.12 bits per heavy atom. The van der Waals surface area contributed by atoms with Crippen LogP contribution in [0.1, 0.15) is 19.3 Å². The van der Waals surface area contributed by atoms with E-state index in [1.165, 1.54) is 0 Å². The minimum Gasteiger partial charge on any atom is -0.475 e. The third-order valence-corrected chi connectivity index (χ3v) is 7.34. The number of hydrogen-bond donors (Lipinski definition) is 2. The lowest BCUT2D eigenvalue weighted by Crippen LogP contribution is -2.45. The van der Waals surface area contributed by atoms with Gasteiger partial charge in [0.25, 0.3) is 0 Å². The van der Waals surface area contributed by atoms with E-state index in [2.05, 4.69) is 5.32 Å². The van der Waals surface area contributed by atoms with Crippen molar-refractivity contribution in [3.63, 3.8) is 0 Å². The summed E-state index contributed by atoms with van der Waals surface area (Å²) in [5, 5.41) is 9.68.